The van der Waals surface area contributed by atoms with Gasteiger partial charge < -0.3 is 24.8 Å². The normalized spacial score (nSPS) is 12.7. The van der Waals surface area contributed by atoms with Gasteiger partial charge in [-0.05, 0) is 68.2 Å². The van der Waals surface area contributed by atoms with Crippen LogP contribution in [0.25, 0.3) is 6.08 Å². The molecule has 0 saturated heterocycles. The van der Waals surface area contributed by atoms with E-state index in [9.17, 15) is 14.4 Å². The minimum absolute atomic E-state index is 0.173. The van der Waals surface area contributed by atoms with E-state index in [2.05, 4.69) is 17.6 Å². The maximum absolute atomic E-state index is 12.2. The summed E-state index contributed by atoms with van der Waals surface area (Å²) in [5, 5.41) is 5.53. The van der Waals surface area contributed by atoms with Crippen LogP contribution in [0, 0.1) is 0 Å². The standard InChI is InChI=1S/C27H32N2O6/c1-3-5-15-34-23-13-9-19(16-24(23)33-4-2)10-14-26(31)35-18-25(30)28-22-8-6-7-20(17-22)27(32)29-21-11-12-21/h6-10,13-14,16-17,21H,3-5,11-12,15,18H2,1-2H3,(H,28,30)(H,29,32)/b14-10+. The summed E-state index contributed by atoms with van der Waals surface area (Å²) in [5.41, 5.74) is 1.65. The zero-order chi connectivity index (χ0) is 25.0. The lowest BCUT2D eigenvalue weighted by Gasteiger charge is -2.12. The summed E-state index contributed by atoms with van der Waals surface area (Å²) in [6, 6.07) is 12.3. The number of rotatable bonds is 13. The van der Waals surface area contributed by atoms with Gasteiger partial charge >= 0.3 is 5.97 Å². The minimum Gasteiger partial charge on any atom is -0.490 e. The van der Waals surface area contributed by atoms with Crippen molar-refractivity contribution in [2.45, 2.75) is 45.6 Å². The first-order valence-corrected chi connectivity index (χ1v) is 11.9. The van der Waals surface area contributed by atoms with E-state index in [4.69, 9.17) is 14.2 Å². The fourth-order valence-electron chi connectivity index (χ4n) is 3.12. The van der Waals surface area contributed by atoms with E-state index in [-0.39, 0.29) is 11.9 Å². The third-order valence-corrected chi connectivity index (χ3v) is 5.10. The van der Waals surface area contributed by atoms with Crippen molar-refractivity contribution in [2.75, 3.05) is 25.1 Å². The molecule has 8 heteroatoms. The molecule has 0 aliphatic heterocycles. The summed E-state index contributed by atoms with van der Waals surface area (Å²) >= 11 is 0. The van der Waals surface area contributed by atoms with Crippen LogP contribution < -0.4 is 20.1 Å². The summed E-state index contributed by atoms with van der Waals surface area (Å²) in [4.78, 5) is 36.4. The molecule has 3 rings (SSSR count). The number of benzene rings is 2. The molecule has 0 atom stereocenters. The van der Waals surface area contributed by atoms with Gasteiger partial charge in [-0.2, -0.15) is 0 Å². The van der Waals surface area contributed by atoms with E-state index in [0.29, 0.717) is 36.0 Å². The van der Waals surface area contributed by atoms with E-state index in [1.807, 2.05) is 13.0 Å². The molecule has 2 aromatic carbocycles. The highest BCUT2D eigenvalue weighted by Crippen LogP contribution is 2.29. The Morgan fingerprint density at radius 3 is 2.60 bits per heavy atom. The Morgan fingerprint density at radius 2 is 1.86 bits per heavy atom. The molecule has 0 radical (unpaired) electrons. The van der Waals surface area contributed by atoms with Crippen molar-refractivity contribution in [3.8, 4) is 11.5 Å². The van der Waals surface area contributed by atoms with Crippen molar-refractivity contribution in [1.82, 2.24) is 5.32 Å². The Balaban J connectivity index is 1.48. The number of anilines is 1. The molecule has 1 fully saturated rings. The predicted octanol–water partition coefficient (Wildman–Crippen LogP) is 4.35. The molecule has 0 heterocycles. The second kappa shape index (κ2) is 13.2. The molecular weight excluding hydrogens is 448 g/mol. The zero-order valence-electron chi connectivity index (χ0n) is 20.2. The average molecular weight is 481 g/mol. The van der Waals surface area contributed by atoms with Gasteiger partial charge in [-0.1, -0.05) is 25.5 Å². The van der Waals surface area contributed by atoms with Crippen molar-refractivity contribution >= 4 is 29.5 Å². The minimum atomic E-state index is -0.654. The van der Waals surface area contributed by atoms with Gasteiger partial charge in [0.05, 0.1) is 13.2 Å². The molecule has 2 amide bonds. The highest BCUT2D eigenvalue weighted by Gasteiger charge is 2.23. The number of ether oxygens (including phenoxy) is 3. The first-order valence-electron chi connectivity index (χ1n) is 11.9. The average Bonchev–Trinajstić information content (AvgIpc) is 3.67. The summed E-state index contributed by atoms with van der Waals surface area (Å²) < 4.78 is 16.4. The molecule has 0 unspecified atom stereocenters. The molecule has 186 valence electrons. The van der Waals surface area contributed by atoms with Crippen LogP contribution >= 0.6 is 0 Å². The summed E-state index contributed by atoms with van der Waals surface area (Å²) in [6.07, 6.45) is 6.81. The second-order valence-electron chi connectivity index (χ2n) is 8.16. The first kappa shape index (κ1) is 25.8. The lowest BCUT2D eigenvalue weighted by molar-refractivity contribution is -0.142. The van der Waals surface area contributed by atoms with Crippen molar-refractivity contribution in [3.63, 3.8) is 0 Å². The molecule has 35 heavy (non-hydrogen) atoms. The van der Waals surface area contributed by atoms with Crippen LogP contribution in [0.2, 0.25) is 0 Å². The number of nitrogens with one attached hydrogen (secondary N) is 2. The molecule has 2 N–H and O–H groups in total. The fourth-order valence-corrected chi connectivity index (χ4v) is 3.12. The van der Waals surface area contributed by atoms with Crippen LogP contribution in [0.15, 0.2) is 48.5 Å². The maximum Gasteiger partial charge on any atom is 0.331 e. The summed E-state index contributed by atoms with van der Waals surface area (Å²) in [5.74, 6) is -0.0665. The summed E-state index contributed by atoms with van der Waals surface area (Å²) in [6.45, 7) is 4.63. The number of hydrogen-bond donors (Lipinski definition) is 2. The van der Waals surface area contributed by atoms with Gasteiger partial charge in [-0.25, -0.2) is 4.79 Å². The molecule has 1 aliphatic rings. The van der Waals surface area contributed by atoms with Crippen LogP contribution in [0.1, 0.15) is 55.5 Å². The molecule has 1 aliphatic carbocycles. The van der Waals surface area contributed by atoms with Gasteiger partial charge in [-0.15, -0.1) is 0 Å². The largest absolute Gasteiger partial charge is 0.490 e. The quantitative estimate of drug-likeness (QED) is 0.251. The second-order valence-corrected chi connectivity index (χ2v) is 8.16. The fraction of sp³-hybridized carbons (Fsp3) is 0.370. The summed E-state index contributed by atoms with van der Waals surface area (Å²) in [7, 11) is 0. The van der Waals surface area contributed by atoms with Crippen LogP contribution in [0.5, 0.6) is 11.5 Å². The SMILES string of the molecule is CCCCOc1ccc(/C=C/C(=O)OCC(=O)Nc2cccc(C(=O)NC3CC3)c2)cc1OCC. The van der Waals surface area contributed by atoms with Gasteiger partial charge in [0.15, 0.2) is 18.1 Å². The monoisotopic (exact) mass is 480 g/mol. The van der Waals surface area contributed by atoms with E-state index in [1.54, 1.807) is 42.5 Å². The Morgan fingerprint density at radius 1 is 1.03 bits per heavy atom. The molecule has 0 aromatic heterocycles. The van der Waals surface area contributed by atoms with Crippen LogP contribution in [0.3, 0.4) is 0 Å². The van der Waals surface area contributed by atoms with E-state index in [1.165, 1.54) is 6.08 Å². The van der Waals surface area contributed by atoms with Crippen LogP contribution in [-0.4, -0.2) is 43.6 Å². The third kappa shape index (κ3) is 8.81. The van der Waals surface area contributed by atoms with Crippen LogP contribution in [-0.2, 0) is 14.3 Å². The highest BCUT2D eigenvalue weighted by atomic mass is 16.5. The number of hydrogen-bond acceptors (Lipinski definition) is 6. The molecule has 0 bridgehead atoms. The number of carbonyl (C=O) groups excluding carboxylic acids is 3. The zero-order valence-corrected chi connectivity index (χ0v) is 20.2. The Kier molecular flexibility index (Phi) is 9.71. The van der Waals surface area contributed by atoms with E-state index in [0.717, 1.165) is 31.2 Å². The van der Waals surface area contributed by atoms with Gasteiger partial charge in [-0.3, -0.25) is 9.59 Å². The number of esters is 1. The van der Waals surface area contributed by atoms with Crippen molar-refractivity contribution in [1.29, 1.82) is 0 Å². The third-order valence-electron chi connectivity index (χ3n) is 5.10. The predicted molar refractivity (Wildman–Crippen MR) is 134 cm³/mol. The van der Waals surface area contributed by atoms with E-state index >= 15 is 0 Å². The number of unbranched alkanes of at least 4 members (excludes halogenated alkanes) is 1. The van der Waals surface area contributed by atoms with Crippen molar-refractivity contribution < 1.29 is 28.6 Å². The molecular formula is C27H32N2O6. The van der Waals surface area contributed by atoms with Crippen LogP contribution in [0.4, 0.5) is 5.69 Å². The molecule has 8 nitrogen and oxygen atoms in total. The molecule has 2 aromatic rings. The lowest BCUT2D eigenvalue weighted by atomic mass is 10.2. The molecule has 0 spiro atoms. The van der Waals surface area contributed by atoms with Gasteiger partial charge in [0.25, 0.3) is 11.8 Å². The molecule has 1 saturated carbocycles. The van der Waals surface area contributed by atoms with Gasteiger partial charge in [0.2, 0.25) is 0 Å². The van der Waals surface area contributed by atoms with Crippen molar-refractivity contribution in [2.24, 2.45) is 0 Å². The Labute approximate surface area is 205 Å². The lowest BCUT2D eigenvalue weighted by Crippen LogP contribution is -2.25. The van der Waals surface area contributed by atoms with E-state index < -0.39 is 18.5 Å². The van der Waals surface area contributed by atoms with Gasteiger partial charge in [0, 0.05) is 23.4 Å². The Bertz CT molecular complexity index is 1060. The van der Waals surface area contributed by atoms with Gasteiger partial charge in [0.1, 0.15) is 0 Å². The number of amides is 2. The smallest absolute Gasteiger partial charge is 0.331 e. The first-order chi connectivity index (χ1) is 17.0. The topological polar surface area (TPSA) is 103 Å². The van der Waals surface area contributed by atoms with Crippen molar-refractivity contribution in [3.05, 3.63) is 59.7 Å². The highest BCUT2D eigenvalue weighted by molar-refractivity contribution is 5.98. The maximum atomic E-state index is 12.2. The Hall–Kier alpha value is -3.81. The number of carbonyl (C=O) groups is 3.